The molecule has 1 aliphatic carbocycles. The van der Waals surface area contributed by atoms with Crippen LogP contribution < -0.4 is 5.32 Å². The molecule has 0 aliphatic heterocycles. The minimum Gasteiger partial charge on any atom is -0.311 e. The van der Waals surface area contributed by atoms with Crippen LogP contribution in [0.25, 0.3) is 0 Å². The highest BCUT2D eigenvalue weighted by atomic mass is 15.3. The van der Waals surface area contributed by atoms with Crippen LogP contribution in [0.1, 0.15) is 28.8 Å². The van der Waals surface area contributed by atoms with Gasteiger partial charge in [-0.1, -0.05) is 24.3 Å². The molecule has 1 aromatic carbocycles. The summed E-state index contributed by atoms with van der Waals surface area (Å²) in [6, 6.07) is 11.1. The summed E-state index contributed by atoms with van der Waals surface area (Å²) < 4.78 is 1.87. The van der Waals surface area contributed by atoms with Crippen LogP contribution in [-0.2, 0) is 13.5 Å². The van der Waals surface area contributed by atoms with Crippen LogP contribution in [0.5, 0.6) is 0 Å². The molecule has 1 N–H and O–H groups in total. The molecule has 3 rings (SSSR count). The number of fused-ring (bicyclic) bond motifs is 1. The summed E-state index contributed by atoms with van der Waals surface area (Å²) in [5.74, 6) is 0.561. The largest absolute Gasteiger partial charge is 0.311 e. The summed E-state index contributed by atoms with van der Waals surface area (Å²) in [5, 5.41) is 7.91. The zero-order chi connectivity index (χ0) is 11.8. The van der Waals surface area contributed by atoms with Crippen molar-refractivity contribution >= 4 is 0 Å². The number of likely N-dealkylation sites (N-methyl/N-ethyl adjacent to an activating group) is 1. The third kappa shape index (κ3) is 1.67. The Morgan fingerprint density at radius 3 is 2.82 bits per heavy atom. The first-order valence-corrected chi connectivity index (χ1v) is 6.04. The lowest BCUT2D eigenvalue weighted by Gasteiger charge is -2.35. The van der Waals surface area contributed by atoms with Gasteiger partial charge in [0.25, 0.3) is 0 Å². The van der Waals surface area contributed by atoms with Gasteiger partial charge in [0.15, 0.2) is 0 Å². The molecule has 3 heteroatoms. The van der Waals surface area contributed by atoms with Crippen LogP contribution >= 0.6 is 0 Å². The molecule has 2 unspecified atom stereocenters. The van der Waals surface area contributed by atoms with Crippen LogP contribution in [0.4, 0.5) is 0 Å². The lowest BCUT2D eigenvalue weighted by atomic mass is 9.73. The SMILES string of the molecule is CNC(c1ccn(C)n1)C1Cc2ccccc21. The van der Waals surface area contributed by atoms with Crippen molar-refractivity contribution in [3.63, 3.8) is 0 Å². The molecule has 3 nitrogen and oxygen atoms in total. The fraction of sp³-hybridized carbons (Fsp3) is 0.357. The summed E-state index contributed by atoms with van der Waals surface area (Å²) >= 11 is 0. The molecule has 0 fully saturated rings. The second kappa shape index (κ2) is 4.00. The lowest BCUT2D eigenvalue weighted by Crippen LogP contribution is -2.31. The third-order valence-corrected chi connectivity index (χ3v) is 3.66. The second-order valence-electron chi connectivity index (χ2n) is 4.69. The van der Waals surface area contributed by atoms with Crippen molar-refractivity contribution in [3.8, 4) is 0 Å². The maximum Gasteiger partial charge on any atom is 0.0800 e. The second-order valence-corrected chi connectivity index (χ2v) is 4.69. The van der Waals surface area contributed by atoms with E-state index in [1.807, 2.05) is 25.0 Å². The topological polar surface area (TPSA) is 29.9 Å². The smallest absolute Gasteiger partial charge is 0.0800 e. The van der Waals surface area contributed by atoms with E-state index in [0.29, 0.717) is 12.0 Å². The minimum absolute atomic E-state index is 0.325. The van der Waals surface area contributed by atoms with Crippen LogP contribution in [0, 0.1) is 0 Å². The van der Waals surface area contributed by atoms with Crippen molar-refractivity contribution in [2.45, 2.75) is 18.4 Å². The van der Waals surface area contributed by atoms with E-state index in [0.717, 1.165) is 12.1 Å². The summed E-state index contributed by atoms with van der Waals surface area (Å²) in [6.07, 6.45) is 3.16. The molecule has 0 amide bonds. The summed E-state index contributed by atoms with van der Waals surface area (Å²) in [5.41, 5.74) is 4.08. The predicted octanol–water partition coefficient (Wildman–Crippen LogP) is 2.02. The first-order chi connectivity index (χ1) is 8.29. The minimum atomic E-state index is 0.325. The van der Waals surface area contributed by atoms with E-state index in [1.165, 1.54) is 11.1 Å². The number of hydrogen-bond acceptors (Lipinski definition) is 2. The van der Waals surface area contributed by atoms with Gasteiger partial charge in [0, 0.05) is 19.2 Å². The fourth-order valence-corrected chi connectivity index (χ4v) is 2.75. The van der Waals surface area contributed by atoms with Gasteiger partial charge in [-0.2, -0.15) is 5.10 Å². The molecule has 17 heavy (non-hydrogen) atoms. The molecule has 0 saturated heterocycles. The molecular weight excluding hydrogens is 210 g/mol. The molecule has 0 bridgehead atoms. The van der Waals surface area contributed by atoms with Crippen LogP contribution in [0.15, 0.2) is 36.5 Å². The van der Waals surface area contributed by atoms with Gasteiger partial charge in [-0.25, -0.2) is 0 Å². The Morgan fingerprint density at radius 2 is 2.18 bits per heavy atom. The predicted molar refractivity (Wildman–Crippen MR) is 67.9 cm³/mol. The van der Waals surface area contributed by atoms with Crippen molar-refractivity contribution < 1.29 is 0 Å². The molecular formula is C14H17N3. The molecule has 1 aliphatic rings. The lowest BCUT2D eigenvalue weighted by molar-refractivity contribution is 0.427. The van der Waals surface area contributed by atoms with Gasteiger partial charge in [0.1, 0.15) is 0 Å². The Morgan fingerprint density at radius 1 is 1.35 bits per heavy atom. The van der Waals surface area contributed by atoms with Crippen LogP contribution in [0.3, 0.4) is 0 Å². The summed E-state index contributed by atoms with van der Waals surface area (Å²) in [6.45, 7) is 0. The van der Waals surface area contributed by atoms with Crippen molar-refractivity contribution in [1.82, 2.24) is 15.1 Å². The highest BCUT2D eigenvalue weighted by Gasteiger charge is 2.33. The zero-order valence-corrected chi connectivity index (χ0v) is 10.2. The molecule has 0 saturated carbocycles. The van der Waals surface area contributed by atoms with E-state index in [4.69, 9.17) is 0 Å². The van der Waals surface area contributed by atoms with Gasteiger partial charge >= 0.3 is 0 Å². The van der Waals surface area contributed by atoms with Gasteiger partial charge in [-0.05, 0) is 30.7 Å². The number of nitrogens with one attached hydrogen (secondary N) is 1. The highest BCUT2D eigenvalue weighted by Crippen LogP contribution is 2.42. The van der Waals surface area contributed by atoms with E-state index >= 15 is 0 Å². The number of benzene rings is 1. The van der Waals surface area contributed by atoms with Crippen molar-refractivity contribution in [3.05, 3.63) is 53.3 Å². The number of aryl methyl sites for hydroxylation is 1. The molecule has 1 heterocycles. The Balaban J connectivity index is 1.90. The van der Waals surface area contributed by atoms with Crippen LogP contribution in [0.2, 0.25) is 0 Å². The van der Waals surface area contributed by atoms with Crippen molar-refractivity contribution in [1.29, 1.82) is 0 Å². The van der Waals surface area contributed by atoms with Crippen LogP contribution in [-0.4, -0.2) is 16.8 Å². The van der Waals surface area contributed by atoms with Crippen molar-refractivity contribution in [2.24, 2.45) is 7.05 Å². The number of aromatic nitrogens is 2. The molecule has 0 spiro atoms. The maximum absolute atomic E-state index is 4.51. The molecule has 88 valence electrons. The van der Waals surface area contributed by atoms with Gasteiger partial charge in [0.2, 0.25) is 0 Å². The first-order valence-electron chi connectivity index (χ1n) is 6.04. The Hall–Kier alpha value is -1.61. The first kappa shape index (κ1) is 10.5. The monoisotopic (exact) mass is 227 g/mol. The Labute approximate surface area is 101 Å². The standard InChI is InChI=1S/C14H17N3/c1-15-14(13-7-8-17(2)16-13)12-9-10-5-3-4-6-11(10)12/h3-8,12,14-15H,9H2,1-2H3. The Kier molecular flexibility index (Phi) is 2.48. The van der Waals surface area contributed by atoms with E-state index in [1.54, 1.807) is 0 Å². The van der Waals surface area contributed by atoms with E-state index in [9.17, 15) is 0 Å². The van der Waals surface area contributed by atoms with Crippen molar-refractivity contribution in [2.75, 3.05) is 7.05 Å². The normalized spacial score (nSPS) is 19.5. The molecule has 1 aromatic heterocycles. The van der Waals surface area contributed by atoms with Gasteiger partial charge < -0.3 is 5.32 Å². The molecule has 2 atom stereocenters. The fourth-order valence-electron chi connectivity index (χ4n) is 2.75. The number of nitrogens with zero attached hydrogens (tertiary/aromatic N) is 2. The number of hydrogen-bond donors (Lipinski definition) is 1. The third-order valence-electron chi connectivity index (χ3n) is 3.66. The zero-order valence-electron chi connectivity index (χ0n) is 10.2. The highest BCUT2D eigenvalue weighted by molar-refractivity contribution is 5.42. The van der Waals surface area contributed by atoms with Gasteiger partial charge in [-0.15, -0.1) is 0 Å². The number of rotatable bonds is 3. The van der Waals surface area contributed by atoms with Gasteiger partial charge in [-0.3, -0.25) is 4.68 Å². The van der Waals surface area contributed by atoms with E-state index < -0.39 is 0 Å². The molecule has 0 radical (unpaired) electrons. The quantitative estimate of drug-likeness (QED) is 0.869. The summed E-state index contributed by atoms with van der Waals surface area (Å²) in [4.78, 5) is 0. The summed E-state index contributed by atoms with van der Waals surface area (Å²) in [7, 11) is 3.98. The van der Waals surface area contributed by atoms with Gasteiger partial charge in [0.05, 0.1) is 11.7 Å². The average Bonchev–Trinajstić information content (AvgIpc) is 2.72. The Bertz CT molecular complexity index is 530. The average molecular weight is 227 g/mol. The van der Waals surface area contributed by atoms with E-state index in [2.05, 4.69) is 40.7 Å². The maximum atomic E-state index is 4.51. The van der Waals surface area contributed by atoms with E-state index in [-0.39, 0.29) is 0 Å². The molecule has 2 aromatic rings.